The van der Waals surface area contributed by atoms with E-state index >= 15 is 0 Å². The summed E-state index contributed by atoms with van der Waals surface area (Å²) in [4.78, 5) is 2.21. The van der Waals surface area contributed by atoms with Crippen LogP contribution in [0.3, 0.4) is 0 Å². The van der Waals surface area contributed by atoms with Crippen molar-refractivity contribution in [3.8, 4) is 0 Å². The fourth-order valence-corrected chi connectivity index (χ4v) is 4.02. The van der Waals surface area contributed by atoms with Gasteiger partial charge in [0.1, 0.15) is 0 Å². The summed E-state index contributed by atoms with van der Waals surface area (Å²) < 4.78 is 1.93. The second-order valence-corrected chi connectivity index (χ2v) is 8.21. The number of rotatable bonds is 11. The summed E-state index contributed by atoms with van der Waals surface area (Å²) in [6.45, 7) is 3.63. The molecule has 2 rings (SSSR count). The minimum absolute atomic E-state index is 0.750. The van der Waals surface area contributed by atoms with Gasteiger partial charge >= 0.3 is 0 Å². The van der Waals surface area contributed by atoms with Gasteiger partial charge in [-0.05, 0) is 19.7 Å². The topological polar surface area (TPSA) is 46.0 Å². The predicted molar refractivity (Wildman–Crippen MR) is 100 cm³/mol. The van der Waals surface area contributed by atoms with Gasteiger partial charge in [0.05, 0.1) is 12.2 Å². The Bertz CT molecular complexity index is 544. The lowest BCUT2D eigenvalue weighted by atomic mass is 10.2. The van der Waals surface area contributed by atoms with Gasteiger partial charge in [-0.2, -0.15) is 0 Å². The molecule has 2 aromatic rings. The first kappa shape index (κ1) is 18.3. The van der Waals surface area contributed by atoms with E-state index in [0.29, 0.717) is 0 Å². The van der Waals surface area contributed by atoms with Crippen LogP contribution < -0.4 is 5.32 Å². The molecule has 1 heterocycles. The third-order valence-corrected chi connectivity index (χ3v) is 5.54. The molecule has 0 amide bonds. The zero-order valence-corrected chi connectivity index (χ0v) is 15.4. The number of benzene rings is 1. The summed E-state index contributed by atoms with van der Waals surface area (Å²) >= 11 is 0. The molecule has 5 nitrogen and oxygen atoms in total. The van der Waals surface area contributed by atoms with Crippen LogP contribution in [-0.2, 0) is 19.6 Å². The highest BCUT2D eigenvalue weighted by molar-refractivity contribution is 8.76. The molecular formula is C16H25N5S2. The van der Waals surface area contributed by atoms with Crippen molar-refractivity contribution in [1.82, 2.24) is 25.2 Å². The molecule has 0 fully saturated rings. The average molecular weight is 352 g/mol. The number of hydrogen-bond acceptors (Lipinski definition) is 6. The van der Waals surface area contributed by atoms with Gasteiger partial charge in [-0.1, -0.05) is 57.1 Å². The molecule has 1 aromatic heterocycles. The molecular weight excluding hydrogens is 326 g/mol. The Morgan fingerprint density at radius 1 is 1.09 bits per heavy atom. The number of aryl methyl sites for hydroxylation is 1. The summed E-state index contributed by atoms with van der Waals surface area (Å²) in [5.74, 6) is 2.21. The zero-order chi connectivity index (χ0) is 16.3. The van der Waals surface area contributed by atoms with Crippen LogP contribution >= 0.6 is 21.6 Å². The molecule has 0 bridgehead atoms. The van der Waals surface area contributed by atoms with Crippen LogP contribution in [0.2, 0.25) is 0 Å². The van der Waals surface area contributed by atoms with Gasteiger partial charge < -0.3 is 10.2 Å². The predicted octanol–water partition coefficient (Wildman–Crippen LogP) is 2.51. The normalized spacial score (nSPS) is 11.3. The van der Waals surface area contributed by atoms with Crippen LogP contribution in [0.1, 0.15) is 11.3 Å². The summed E-state index contributed by atoms with van der Waals surface area (Å²) in [6, 6.07) is 10.4. The Balaban J connectivity index is 1.58. The molecule has 23 heavy (non-hydrogen) atoms. The first-order chi connectivity index (χ1) is 11.2. The summed E-state index contributed by atoms with van der Waals surface area (Å²) in [5.41, 5.74) is 2.28. The maximum absolute atomic E-state index is 4.21. The second-order valence-electron chi connectivity index (χ2n) is 5.51. The van der Waals surface area contributed by atoms with E-state index in [1.807, 2.05) is 38.5 Å². The highest BCUT2D eigenvalue weighted by atomic mass is 33.1. The maximum Gasteiger partial charge on any atom is 0.0964 e. The van der Waals surface area contributed by atoms with E-state index in [0.717, 1.165) is 43.4 Å². The van der Waals surface area contributed by atoms with Crippen molar-refractivity contribution in [3.05, 3.63) is 47.8 Å². The first-order valence-corrected chi connectivity index (χ1v) is 10.3. The third kappa shape index (κ3) is 7.87. The number of nitrogens with zero attached hydrogens (tertiary/aromatic N) is 4. The molecule has 0 saturated heterocycles. The van der Waals surface area contributed by atoms with E-state index in [4.69, 9.17) is 0 Å². The van der Waals surface area contributed by atoms with Crippen LogP contribution in [0, 0.1) is 0 Å². The summed E-state index contributed by atoms with van der Waals surface area (Å²) in [7, 11) is 8.03. The lowest BCUT2D eigenvalue weighted by molar-refractivity contribution is 0.438. The van der Waals surface area contributed by atoms with Crippen LogP contribution in [-0.4, -0.2) is 52.0 Å². The van der Waals surface area contributed by atoms with Gasteiger partial charge in [-0.3, -0.25) is 4.68 Å². The Labute approximate surface area is 146 Å². The summed E-state index contributed by atoms with van der Waals surface area (Å²) in [6.07, 6.45) is 2.03. The largest absolute Gasteiger partial charge is 0.309 e. The molecule has 126 valence electrons. The van der Waals surface area contributed by atoms with Crippen molar-refractivity contribution in [1.29, 1.82) is 0 Å². The second kappa shape index (κ2) is 10.7. The lowest BCUT2D eigenvalue weighted by Gasteiger charge is -2.07. The standard InChI is InChI=1S/C16H25N5S2/c1-20(2)8-10-22-23-11-9-21-14-16(18-19-21)13-17-12-15-6-4-3-5-7-15/h3-7,14,17H,8-13H2,1-2H3. The van der Waals surface area contributed by atoms with Gasteiger partial charge in [0, 0.05) is 37.3 Å². The van der Waals surface area contributed by atoms with E-state index in [9.17, 15) is 0 Å². The number of aromatic nitrogens is 3. The Morgan fingerprint density at radius 2 is 1.87 bits per heavy atom. The van der Waals surface area contributed by atoms with Crippen molar-refractivity contribution in [2.24, 2.45) is 0 Å². The molecule has 1 N–H and O–H groups in total. The monoisotopic (exact) mass is 351 g/mol. The molecule has 1 aromatic carbocycles. The van der Waals surface area contributed by atoms with Gasteiger partial charge in [0.2, 0.25) is 0 Å². The van der Waals surface area contributed by atoms with Gasteiger partial charge in [0.25, 0.3) is 0 Å². The smallest absolute Gasteiger partial charge is 0.0964 e. The SMILES string of the molecule is CN(C)CCSSCCn1cc(CNCc2ccccc2)nn1. The highest BCUT2D eigenvalue weighted by Gasteiger charge is 2.01. The van der Waals surface area contributed by atoms with E-state index in [1.54, 1.807) is 0 Å². The van der Waals surface area contributed by atoms with Crippen LogP contribution in [0.15, 0.2) is 36.5 Å². The van der Waals surface area contributed by atoms with Crippen molar-refractivity contribution in [2.45, 2.75) is 19.6 Å². The lowest BCUT2D eigenvalue weighted by Crippen LogP contribution is -2.14. The molecule has 0 unspecified atom stereocenters. The fourth-order valence-electron chi connectivity index (χ4n) is 1.93. The average Bonchev–Trinajstić information content (AvgIpc) is 2.99. The Kier molecular flexibility index (Phi) is 8.52. The minimum atomic E-state index is 0.750. The van der Waals surface area contributed by atoms with E-state index in [2.05, 4.69) is 58.9 Å². The molecule has 7 heteroatoms. The third-order valence-electron chi connectivity index (χ3n) is 3.17. The Morgan fingerprint density at radius 3 is 2.65 bits per heavy atom. The summed E-state index contributed by atoms with van der Waals surface area (Å²) in [5, 5.41) is 11.8. The molecule has 0 radical (unpaired) electrons. The van der Waals surface area contributed by atoms with Gasteiger partial charge in [0.15, 0.2) is 0 Å². The maximum atomic E-state index is 4.21. The van der Waals surface area contributed by atoms with E-state index in [1.165, 1.54) is 5.56 Å². The number of hydrogen-bond donors (Lipinski definition) is 1. The van der Waals surface area contributed by atoms with Gasteiger partial charge in [-0.25, -0.2) is 0 Å². The number of nitrogens with one attached hydrogen (secondary N) is 1. The zero-order valence-electron chi connectivity index (χ0n) is 13.8. The van der Waals surface area contributed by atoms with Crippen LogP contribution in [0.5, 0.6) is 0 Å². The molecule has 0 aliphatic carbocycles. The molecule has 0 aliphatic heterocycles. The van der Waals surface area contributed by atoms with E-state index in [-0.39, 0.29) is 0 Å². The fraction of sp³-hybridized carbons (Fsp3) is 0.500. The molecule has 0 atom stereocenters. The van der Waals surface area contributed by atoms with E-state index < -0.39 is 0 Å². The molecule has 0 saturated carbocycles. The van der Waals surface area contributed by atoms with Gasteiger partial charge in [-0.15, -0.1) is 5.10 Å². The molecule has 0 spiro atoms. The minimum Gasteiger partial charge on any atom is -0.309 e. The van der Waals surface area contributed by atoms with Crippen molar-refractivity contribution < 1.29 is 0 Å². The van der Waals surface area contributed by atoms with Crippen LogP contribution in [0.25, 0.3) is 0 Å². The van der Waals surface area contributed by atoms with Crippen molar-refractivity contribution >= 4 is 21.6 Å². The van der Waals surface area contributed by atoms with Crippen LogP contribution in [0.4, 0.5) is 0 Å². The highest BCUT2D eigenvalue weighted by Crippen LogP contribution is 2.20. The van der Waals surface area contributed by atoms with Crippen molar-refractivity contribution in [2.75, 3.05) is 32.1 Å². The quantitative estimate of drug-likeness (QED) is 0.496. The Hall–Kier alpha value is -1.02. The molecule has 0 aliphatic rings. The van der Waals surface area contributed by atoms with Crippen molar-refractivity contribution in [3.63, 3.8) is 0 Å². The first-order valence-electron chi connectivity index (χ1n) is 7.77.